The van der Waals surface area contributed by atoms with E-state index in [4.69, 9.17) is 0 Å². The second-order valence-corrected chi connectivity index (χ2v) is 16.6. The number of nitrogens with one attached hydrogen (secondary N) is 1. The molecular weight excluding hydrogens is 572 g/mol. The predicted molar refractivity (Wildman–Crippen MR) is 162 cm³/mol. The fourth-order valence-corrected chi connectivity index (χ4v) is 10.9. The quantitative estimate of drug-likeness (QED) is 0.526. The number of anilines is 1. The molecular formula is C31H40N4O5S2. The number of sulfonamides is 1. The highest BCUT2D eigenvalue weighted by molar-refractivity contribution is 7.89. The molecule has 1 N–H and O–H groups in total. The molecule has 1 aromatic carbocycles. The fourth-order valence-electron chi connectivity index (χ4n) is 7.84. The van der Waals surface area contributed by atoms with E-state index in [2.05, 4.69) is 26.1 Å². The average molecular weight is 613 g/mol. The summed E-state index contributed by atoms with van der Waals surface area (Å²) in [6, 6.07) is 6.11. The molecule has 0 spiro atoms. The summed E-state index contributed by atoms with van der Waals surface area (Å²) in [5, 5.41) is 3.45. The van der Waals surface area contributed by atoms with E-state index in [0.29, 0.717) is 55.3 Å². The van der Waals surface area contributed by atoms with Crippen LogP contribution in [0.2, 0.25) is 0 Å². The van der Waals surface area contributed by atoms with Crippen molar-refractivity contribution in [2.45, 2.75) is 83.7 Å². The van der Waals surface area contributed by atoms with Crippen molar-refractivity contribution in [3.8, 4) is 0 Å². The van der Waals surface area contributed by atoms with Gasteiger partial charge in [-0.25, -0.2) is 8.42 Å². The Kier molecular flexibility index (Phi) is 7.29. The maximum Gasteiger partial charge on any atom is 0.257 e. The van der Waals surface area contributed by atoms with Gasteiger partial charge in [0.1, 0.15) is 5.00 Å². The van der Waals surface area contributed by atoms with E-state index in [-0.39, 0.29) is 33.6 Å². The number of nitrogens with zero attached hydrogens (tertiary/aromatic N) is 3. The van der Waals surface area contributed by atoms with Gasteiger partial charge in [0.05, 0.1) is 17.0 Å². The van der Waals surface area contributed by atoms with Gasteiger partial charge < -0.3 is 15.1 Å². The Hall–Kier alpha value is -2.76. The van der Waals surface area contributed by atoms with Gasteiger partial charge >= 0.3 is 0 Å². The summed E-state index contributed by atoms with van der Waals surface area (Å²) in [5.41, 5.74) is 1.84. The first kappa shape index (κ1) is 29.3. The topological polar surface area (TPSA) is 107 Å². The molecule has 1 aliphatic carbocycles. The van der Waals surface area contributed by atoms with E-state index in [1.807, 2.05) is 4.90 Å². The number of amides is 3. The van der Waals surface area contributed by atoms with Crippen molar-refractivity contribution in [2.24, 2.45) is 10.8 Å². The van der Waals surface area contributed by atoms with E-state index in [0.717, 1.165) is 42.5 Å². The number of fused-ring (bicyclic) bond motifs is 3. The van der Waals surface area contributed by atoms with Crippen molar-refractivity contribution in [1.82, 2.24) is 14.1 Å². The van der Waals surface area contributed by atoms with Gasteiger partial charge in [-0.15, -0.1) is 11.3 Å². The third-order valence-electron chi connectivity index (χ3n) is 9.43. The van der Waals surface area contributed by atoms with Crippen LogP contribution in [0.3, 0.4) is 0 Å². The molecule has 9 nitrogen and oxygen atoms in total. The summed E-state index contributed by atoms with van der Waals surface area (Å²) in [7, 11) is -3.70. The van der Waals surface area contributed by atoms with Crippen molar-refractivity contribution < 1.29 is 22.8 Å². The van der Waals surface area contributed by atoms with Crippen molar-refractivity contribution >= 4 is 44.1 Å². The Morgan fingerprint density at radius 1 is 0.976 bits per heavy atom. The van der Waals surface area contributed by atoms with Gasteiger partial charge in [0.25, 0.3) is 11.8 Å². The Balaban J connectivity index is 1.23. The molecule has 3 fully saturated rings. The molecule has 4 heterocycles. The maximum absolute atomic E-state index is 13.7. The maximum atomic E-state index is 13.7. The van der Waals surface area contributed by atoms with Gasteiger partial charge in [-0.1, -0.05) is 20.8 Å². The zero-order valence-electron chi connectivity index (χ0n) is 24.9. The van der Waals surface area contributed by atoms with Crippen molar-refractivity contribution in [1.29, 1.82) is 0 Å². The number of carbonyl (C=O) groups excluding carboxylic acids is 3. The van der Waals surface area contributed by atoms with Gasteiger partial charge in [-0.05, 0) is 79.2 Å². The molecule has 2 atom stereocenters. The summed E-state index contributed by atoms with van der Waals surface area (Å²) >= 11 is 1.35. The second-order valence-electron chi connectivity index (χ2n) is 13.6. The summed E-state index contributed by atoms with van der Waals surface area (Å²) < 4.78 is 29.1. The first-order valence-corrected chi connectivity index (χ1v) is 17.1. The highest BCUT2D eigenvalue weighted by Crippen LogP contribution is 2.53. The van der Waals surface area contributed by atoms with E-state index >= 15 is 0 Å². The van der Waals surface area contributed by atoms with Gasteiger partial charge in [0.2, 0.25) is 15.9 Å². The SMILES string of the molecule is CC(=O)N1CCc2c(sc(NC(=O)c3ccc(S(=O)(=O)N4CC5(C)CC4CC(C)(C)C5)cc3)c2C(=O)N2CCCC2)C1. The van der Waals surface area contributed by atoms with Crippen LogP contribution in [0.1, 0.15) is 91.0 Å². The molecule has 2 unspecified atom stereocenters. The Morgan fingerprint density at radius 2 is 1.67 bits per heavy atom. The van der Waals surface area contributed by atoms with Gasteiger partial charge in [-0.3, -0.25) is 14.4 Å². The summed E-state index contributed by atoms with van der Waals surface area (Å²) in [5.74, 6) is -0.495. The zero-order valence-corrected chi connectivity index (χ0v) is 26.5. The van der Waals surface area contributed by atoms with Gasteiger partial charge in [-0.2, -0.15) is 4.31 Å². The van der Waals surface area contributed by atoms with Crippen molar-refractivity contribution in [3.05, 3.63) is 45.8 Å². The van der Waals surface area contributed by atoms with Crippen molar-refractivity contribution in [3.63, 3.8) is 0 Å². The molecule has 0 radical (unpaired) electrons. The lowest BCUT2D eigenvalue weighted by Gasteiger charge is -2.39. The lowest BCUT2D eigenvalue weighted by atomic mass is 9.65. The molecule has 1 saturated carbocycles. The number of rotatable bonds is 5. The van der Waals surface area contributed by atoms with Crippen LogP contribution in [0.25, 0.3) is 0 Å². The normalized spacial score (nSPS) is 25.4. The number of hydrogen-bond donors (Lipinski definition) is 1. The van der Waals surface area contributed by atoms with Gasteiger partial charge in [0, 0.05) is 49.6 Å². The van der Waals surface area contributed by atoms with E-state index in [1.165, 1.54) is 23.5 Å². The number of thiophene rings is 1. The molecule has 11 heteroatoms. The van der Waals surface area contributed by atoms with Crippen LogP contribution in [0.15, 0.2) is 29.2 Å². The number of likely N-dealkylation sites (tertiary alicyclic amines) is 1. The van der Waals surface area contributed by atoms with Crippen LogP contribution in [-0.4, -0.2) is 72.5 Å². The van der Waals surface area contributed by atoms with Crippen LogP contribution in [0, 0.1) is 10.8 Å². The largest absolute Gasteiger partial charge is 0.339 e. The number of benzene rings is 1. The zero-order chi connectivity index (χ0) is 30.0. The number of hydrogen-bond acceptors (Lipinski definition) is 6. The minimum atomic E-state index is -3.70. The molecule has 42 heavy (non-hydrogen) atoms. The van der Waals surface area contributed by atoms with Crippen LogP contribution >= 0.6 is 11.3 Å². The second kappa shape index (κ2) is 10.4. The molecule has 1 aromatic heterocycles. The van der Waals surface area contributed by atoms with Crippen LogP contribution in [0.5, 0.6) is 0 Å². The number of carbonyl (C=O) groups is 3. The minimum absolute atomic E-state index is 0.0120. The molecule has 2 bridgehead atoms. The Labute approximate surface area is 252 Å². The Morgan fingerprint density at radius 3 is 2.33 bits per heavy atom. The van der Waals surface area contributed by atoms with Crippen molar-refractivity contribution in [2.75, 3.05) is 31.5 Å². The summed E-state index contributed by atoms with van der Waals surface area (Å²) in [6.07, 6.45) is 5.21. The van der Waals surface area contributed by atoms with E-state index in [9.17, 15) is 22.8 Å². The first-order chi connectivity index (χ1) is 19.8. The highest BCUT2D eigenvalue weighted by atomic mass is 32.2. The molecule has 2 aromatic rings. The molecule has 2 saturated heterocycles. The van der Waals surface area contributed by atoms with Crippen LogP contribution < -0.4 is 5.32 Å². The highest BCUT2D eigenvalue weighted by Gasteiger charge is 2.53. The summed E-state index contributed by atoms with van der Waals surface area (Å²) in [4.78, 5) is 43.7. The molecule has 3 aliphatic heterocycles. The van der Waals surface area contributed by atoms with Gasteiger partial charge in [0.15, 0.2) is 0 Å². The van der Waals surface area contributed by atoms with E-state index < -0.39 is 15.9 Å². The van der Waals surface area contributed by atoms with Crippen LogP contribution in [-0.2, 0) is 27.8 Å². The smallest absolute Gasteiger partial charge is 0.257 e. The molecule has 3 amide bonds. The fraction of sp³-hybridized carbons (Fsp3) is 0.581. The predicted octanol–water partition coefficient (Wildman–Crippen LogP) is 4.73. The third-order valence-corrected chi connectivity index (χ3v) is 12.5. The average Bonchev–Trinajstić information content (AvgIpc) is 3.63. The molecule has 4 aliphatic rings. The third kappa shape index (κ3) is 5.28. The van der Waals surface area contributed by atoms with Crippen LogP contribution in [0.4, 0.5) is 5.00 Å². The Bertz CT molecular complexity index is 1540. The lowest BCUT2D eigenvalue weighted by Crippen LogP contribution is -2.37. The minimum Gasteiger partial charge on any atom is -0.339 e. The first-order valence-electron chi connectivity index (χ1n) is 14.9. The van der Waals surface area contributed by atoms with E-state index in [1.54, 1.807) is 28.3 Å². The summed E-state index contributed by atoms with van der Waals surface area (Å²) in [6.45, 7) is 11.0. The molecule has 6 rings (SSSR count). The lowest BCUT2D eigenvalue weighted by molar-refractivity contribution is -0.129. The molecule has 226 valence electrons. The monoisotopic (exact) mass is 612 g/mol. The standard InChI is InChI=1S/C31H40N4O5S2/c1-20(36)34-14-11-24-25(17-34)41-28(26(24)29(38)33-12-5-6-13-33)32-27(37)21-7-9-23(10-8-21)42(39,40)35-19-31(4)16-22(35)15-30(2,3)18-31/h7-10,22H,5-6,11-19H2,1-4H3,(H,32,37).